The van der Waals surface area contributed by atoms with Crippen molar-refractivity contribution in [2.45, 2.75) is 96.8 Å². The lowest BCUT2D eigenvalue weighted by Crippen LogP contribution is -2.25. The van der Waals surface area contributed by atoms with E-state index in [0.29, 0.717) is 0 Å². The molecule has 0 N–H and O–H groups in total. The maximum atomic E-state index is 2.41. The molecule has 2 fully saturated rings. The van der Waals surface area contributed by atoms with Crippen molar-refractivity contribution in [1.29, 1.82) is 0 Å². The van der Waals surface area contributed by atoms with Gasteiger partial charge in [0, 0.05) is 0 Å². The van der Waals surface area contributed by atoms with Gasteiger partial charge in [-0.1, -0.05) is 70.2 Å². The third-order valence-electron chi connectivity index (χ3n) is 7.16. The van der Waals surface area contributed by atoms with Crippen LogP contribution in [0.25, 0.3) is 0 Å². The van der Waals surface area contributed by atoms with Crippen molar-refractivity contribution < 1.29 is 0 Å². The maximum Gasteiger partial charge on any atom is -0.0162 e. The molecule has 2 aliphatic carbocycles. The van der Waals surface area contributed by atoms with Crippen LogP contribution in [0.3, 0.4) is 0 Å². The van der Waals surface area contributed by atoms with E-state index >= 15 is 0 Å². The first-order valence-electron chi connectivity index (χ1n) is 10.9. The molecule has 2 saturated carbocycles. The third-order valence-corrected chi connectivity index (χ3v) is 7.16. The molecule has 0 aliphatic heterocycles. The van der Waals surface area contributed by atoms with Crippen LogP contribution in [-0.4, -0.2) is 0 Å². The Morgan fingerprint density at radius 2 is 1.33 bits per heavy atom. The highest BCUT2D eigenvalue weighted by atomic mass is 14.4. The summed E-state index contributed by atoms with van der Waals surface area (Å²) in [5.74, 6) is 4.01. The number of benzene rings is 1. The van der Waals surface area contributed by atoms with Gasteiger partial charge < -0.3 is 0 Å². The maximum absolute atomic E-state index is 2.41. The van der Waals surface area contributed by atoms with Crippen LogP contribution in [0.15, 0.2) is 24.3 Å². The van der Waals surface area contributed by atoms with E-state index in [0.717, 1.165) is 30.1 Å². The summed E-state index contributed by atoms with van der Waals surface area (Å²) in [6.45, 7) is 4.58. The molecule has 0 saturated heterocycles. The molecule has 0 spiro atoms. The Kier molecular flexibility index (Phi) is 6.81. The summed E-state index contributed by atoms with van der Waals surface area (Å²) >= 11 is 0. The van der Waals surface area contributed by atoms with E-state index in [2.05, 4.69) is 38.1 Å². The number of unbranched alkanes of at least 4 members (excludes halogenated alkanes) is 1. The van der Waals surface area contributed by atoms with Gasteiger partial charge in [0.25, 0.3) is 0 Å². The van der Waals surface area contributed by atoms with E-state index in [9.17, 15) is 0 Å². The second-order valence-electron chi connectivity index (χ2n) is 8.63. The highest BCUT2D eigenvalue weighted by Gasteiger charge is 2.31. The van der Waals surface area contributed by atoms with Gasteiger partial charge >= 0.3 is 0 Å². The van der Waals surface area contributed by atoms with Crippen LogP contribution >= 0.6 is 0 Å². The predicted octanol–water partition coefficient (Wildman–Crippen LogP) is 7.52. The molecule has 0 nitrogen and oxygen atoms in total. The number of hydrogen-bond donors (Lipinski definition) is 0. The Balaban J connectivity index is 1.43. The van der Waals surface area contributed by atoms with Gasteiger partial charge in [0.05, 0.1) is 0 Å². The highest BCUT2D eigenvalue weighted by Crippen LogP contribution is 2.44. The quantitative estimate of drug-likeness (QED) is 0.507. The summed E-state index contributed by atoms with van der Waals surface area (Å²) in [7, 11) is 0. The van der Waals surface area contributed by atoms with Crippen molar-refractivity contribution in [2.75, 3.05) is 0 Å². The lowest BCUT2D eigenvalue weighted by atomic mass is 9.68. The molecule has 134 valence electrons. The van der Waals surface area contributed by atoms with Gasteiger partial charge in [-0.05, 0) is 79.7 Å². The largest absolute Gasteiger partial charge is 0.0654 e. The van der Waals surface area contributed by atoms with E-state index < -0.39 is 0 Å². The van der Waals surface area contributed by atoms with Crippen molar-refractivity contribution in [1.82, 2.24) is 0 Å². The fraction of sp³-hybridized carbons (Fsp3) is 0.750. The summed E-state index contributed by atoms with van der Waals surface area (Å²) in [5.41, 5.74) is 3.08. The molecule has 0 unspecified atom stereocenters. The number of hydrogen-bond acceptors (Lipinski definition) is 0. The Bertz CT molecular complexity index is 455. The molecule has 0 heteroatoms. The average Bonchev–Trinajstić information content (AvgIpc) is 2.67. The zero-order valence-corrected chi connectivity index (χ0v) is 16.1. The minimum Gasteiger partial charge on any atom is -0.0654 e. The minimum absolute atomic E-state index is 0.841. The molecular formula is C24H38. The second-order valence-corrected chi connectivity index (χ2v) is 8.63. The van der Waals surface area contributed by atoms with E-state index in [1.165, 1.54) is 76.2 Å². The van der Waals surface area contributed by atoms with Crippen LogP contribution in [-0.2, 0) is 6.42 Å². The first-order valence-corrected chi connectivity index (χ1v) is 10.9. The second kappa shape index (κ2) is 9.07. The topological polar surface area (TPSA) is 0 Å². The summed E-state index contributed by atoms with van der Waals surface area (Å²) in [5, 5.41) is 0. The van der Waals surface area contributed by atoms with Gasteiger partial charge in [-0.15, -0.1) is 0 Å². The summed E-state index contributed by atoms with van der Waals surface area (Å²) in [4.78, 5) is 0. The number of aryl methyl sites for hydroxylation is 1. The Labute approximate surface area is 150 Å². The van der Waals surface area contributed by atoms with Crippen LogP contribution < -0.4 is 0 Å². The van der Waals surface area contributed by atoms with Crippen LogP contribution in [0, 0.1) is 17.8 Å². The summed E-state index contributed by atoms with van der Waals surface area (Å²) < 4.78 is 0. The molecule has 3 rings (SSSR count). The fourth-order valence-electron chi connectivity index (χ4n) is 5.39. The third kappa shape index (κ3) is 4.64. The van der Waals surface area contributed by atoms with Crippen molar-refractivity contribution in [3.05, 3.63) is 35.4 Å². The van der Waals surface area contributed by atoms with Crippen LogP contribution in [0.5, 0.6) is 0 Å². The zero-order chi connectivity index (χ0) is 16.8. The van der Waals surface area contributed by atoms with Gasteiger partial charge in [-0.25, -0.2) is 0 Å². The first kappa shape index (κ1) is 18.0. The molecule has 0 bridgehead atoms. The van der Waals surface area contributed by atoms with Crippen LogP contribution in [0.4, 0.5) is 0 Å². The lowest BCUT2D eigenvalue weighted by Gasteiger charge is -2.38. The van der Waals surface area contributed by atoms with Gasteiger partial charge in [-0.3, -0.25) is 0 Å². The molecule has 1 aromatic rings. The molecule has 1 aromatic carbocycles. The van der Waals surface area contributed by atoms with Crippen molar-refractivity contribution in [2.24, 2.45) is 17.8 Å². The zero-order valence-electron chi connectivity index (χ0n) is 16.1. The van der Waals surface area contributed by atoms with Gasteiger partial charge in [0.1, 0.15) is 0 Å². The Morgan fingerprint density at radius 1 is 0.750 bits per heavy atom. The van der Waals surface area contributed by atoms with Crippen LogP contribution in [0.2, 0.25) is 0 Å². The number of rotatable bonds is 6. The molecular weight excluding hydrogens is 288 g/mol. The smallest absolute Gasteiger partial charge is 0.0162 e. The van der Waals surface area contributed by atoms with Crippen LogP contribution in [0.1, 0.15) is 102 Å². The van der Waals surface area contributed by atoms with Gasteiger partial charge in [-0.2, -0.15) is 0 Å². The first-order chi connectivity index (χ1) is 11.8. The monoisotopic (exact) mass is 326 g/mol. The Hall–Kier alpha value is -0.780. The molecule has 0 atom stereocenters. The SMILES string of the molecule is CCCCC1CCC(C2CCC(c3ccc(CC)cc3)CC2)CC1. The normalized spacial score (nSPS) is 31.1. The summed E-state index contributed by atoms with van der Waals surface area (Å²) in [6, 6.07) is 9.50. The van der Waals surface area contributed by atoms with E-state index in [-0.39, 0.29) is 0 Å². The molecule has 0 amide bonds. The van der Waals surface area contributed by atoms with Gasteiger partial charge in [0.15, 0.2) is 0 Å². The molecule has 0 heterocycles. The fourth-order valence-corrected chi connectivity index (χ4v) is 5.39. The molecule has 2 aliphatic rings. The summed E-state index contributed by atoms with van der Waals surface area (Å²) in [6.07, 6.45) is 17.5. The molecule has 0 aromatic heterocycles. The lowest BCUT2D eigenvalue weighted by molar-refractivity contribution is 0.156. The van der Waals surface area contributed by atoms with Gasteiger partial charge in [0.2, 0.25) is 0 Å². The highest BCUT2D eigenvalue weighted by molar-refractivity contribution is 5.25. The van der Waals surface area contributed by atoms with E-state index in [4.69, 9.17) is 0 Å². The van der Waals surface area contributed by atoms with E-state index in [1.807, 2.05) is 0 Å². The predicted molar refractivity (Wildman–Crippen MR) is 105 cm³/mol. The van der Waals surface area contributed by atoms with Crippen molar-refractivity contribution in [3.63, 3.8) is 0 Å². The average molecular weight is 327 g/mol. The molecule has 0 radical (unpaired) electrons. The molecule has 24 heavy (non-hydrogen) atoms. The standard InChI is InChI=1S/C24H38/c1-3-5-6-20-9-13-22(14-10-20)24-17-15-23(16-18-24)21-11-7-19(4-2)8-12-21/h7-8,11-12,20,22-24H,3-6,9-10,13-18H2,1-2H3. The van der Waals surface area contributed by atoms with Crippen molar-refractivity contribution in [3.8, 4) is 0 Å². The van der Waals surface area contributed by atoms with Crippen molar-refractivity contribution >= 4 is 0 Å². The van der Waals surface area contributed by atoms with E-state index in [1.54, 1.807) is 5.56 Å². The minimum atomic E-state index is 0.841. The Morgan fingerprint density at radius 3 is 1.88 bits per heavy atom.